The third-order valence-electron chi connectivity index (χ3n) is 5.28. The standard InChI is InChI=1S/C17H28O2/c1-17-13-15(18)12-14(17)10-8-6-4-2-3-5-7-9-11-16(17)19/h14H,2-13H2,1H3/t14-,17-/m1/s1. The number of fused-ring (bicyclic) bond motifs is 1. The molecule has 0 aromatic carbocycles. The van der Waals surface area contributed by atoms with E-state index in [0.717, 1.165) is 12.8 Å². The molecule has 2 aliphatic carbocycles. The maximum absolute atomic E-state index is 12.5. The Morgan fingerprint density at radius 3 is 2.16 bits per heavy atom. The van der Waals surface area contributed by atoms with E-state index in [1.165, 1.54) is 44.9 Å². The number of rotatable bonds is 0. The summed E-state index contributed by atoms with van der Waals surface area (Å²) in [6.07, 6.45) is 12.9. The molecule has 0 unspecified atom stereocenters. The lowest BCUT2D eigenvalue weighted by Gasteiger charge is -2.29. The number of carbonyl (C=O) groups excluding carboxylic acids is 2. The maximum atomic E-state index is 12.5. The Hall–Kier alpha value is -0.660. The van der Waals surface area contributed by atoms with Crippen molar-refractivity contribution in [1.82, 2.24) is 0 Å². The highest BCUT2D eigenvalue weighted by Crippen LogP contribution is 2.45. The molecule has 0 spiro atoms. The fraction of sp³-hybridized carbons (Fsp3) is 0.882. The summed E-state index contributed by atoms with van der Waals surface area (Å²) < 4.78 is 0. The molecular formula is C17H28O2. The number of Topliss-reactive ketones (excluding diaryl/α,β-unsaturated/α-hetero) is 2. The van der Waals surface area contributed by atoms with Gasteiger partial charge in [-0.3, -0.25) is 9.59 Å². The molecule has 0 aromatic heterocycles. The van der Waals surface area contributed by atoms with Crippen molar-refractivity contribution < 1.29 is 9.59 Å². The Bertz CT molecular complexity index is 334. The van der Waals surface area contributed by atoms with Crippen molar-refractivity contribution in [2.24, 2.45) is 11.3 Å². The minimum absolute atomic E-state index is 0.313. The molecule has 0 N–H and O–H groups in total. The fourth-order valence-corrected chi connectivity index (χ4v) is 3.90. The SMILES string of the molecule is C[C@@]12CC(=O)C[C@H]1CCCCCCCCCCC2=O. The van der Waals surface area contributed by atoms with Gasteiger partial charge < -0.3 is 0 Å². The monoisotopic (exact) mass is 264 g/mol. The van der Waals surface area contributed by atoms with Gasteiger partial charge in [-0.05, 0) is 18.8 Å². The maximum Gasteiger partial charge on any atom is 0.139 e. The van der Waals surface area contributed by atoms with Gasteiger partial charge in [-0.2, -0.15) is 0 Å². The van der Waals surface area contributed by atoms with Crippen LogP contribution in [0.1, 0.15) is 84.0 Å². The predicted molar refractivity (Wildman–Crippen MR) is 77.0 cm³/mol. The van der Waals surface area contributed by atoms with Gasteiger partial charge in [0.1, 0.15) is 11.6 Å². The van der Waals surface area contributed by atoms with Crippen molar-refractivity contribution in [1.29, 1.82) is 0 Å². The van der Waals surface area contributed by atoms with Crippen LogP contribution >= 0.6 is 0 Å². The van der Waals surface area contributed by atoms with E-state index in [2.05, 4.69) is 6.92 Å². The first kappa shape index (κ1) is 14.7. The minimum atomic E-state index is -0.328. The zero-order chi connectivity index (χ0) is 13.7. The zero-order valence-corrected chi connectivity index (χ0v) is 12.4. The number of hydrogen-bond donors (Lipinski definition) is 0. The summed E-state index contributed by atoms with van der Waals surface area (Å²) in [6, 6.07) is 0. The van der Waals surface area contributed by atoms with Crippen LogP contribution in [0.3, 0.4) is 0 Å². The van der Waals surface area contributed by atoms with Crippen LogP contribution in [-0.4, -0.2) is 11.6 Å². The molecule has 0 heterocycles. The lowest BCUT2D eigenvalue weighted by Crippen LogP contribution is -2.32. The summed E-state index contributed by atoms with van der Waals surface area (Å²) in [6.45, 7) is 2.06. The Morgan fingerprint density at radius 1 is 0.895 bits per heavy atom. The Labute approximate surface area is 117 Å². The summed E-state index contributed by atoms with van der Waals surface area (Å²) in [5.74, 6) is 1.00. The molecule has 2 atom stereocenters. The molecule has 0 aromatic rings. The van der Waals surface area contributed by atoms with Crippen molar-refractivity contribution in [3.05, 3.63) is 0 Å². The Balaban J connectivity index is 2.03. The first-order valence-electron chi connectivity index (χ1n) is 8.18. The normalized spacial score (nSPS) is 35.1. The molecule has 0 amide bonds. The number of carbonyl (C=O) groups is 2. The lowest BCUT2D eigenvalue weighted by atomic mass is 9.72. The summed E-state index contributed by atoms with van der Waals surface area (Å²) in [7, 11) is 0. The molecule has 2 aliphatic rings. The summed E-state index contributed by atoms with van der Waals surface area (Å²) in [5.41, 5.74) is -0.328. The van der Waals surface area contributed by atoms with Crippen LogP contribution in [0.15, 0.2) is 0 Å². The second-order valence-corrected chi connectivity index (χ2v) is 6.82. The van der Waals surface area contributed by atoms with Gasteiger partial charge in [-0.15, -0.1) is 0 Å². The average Bonchev–Trinajstić information content (AvgIpc) is 2.67. The fourth-order valence-electron chi connectivity index (χ4n) is 3.90. The van der Waals surface area contributed by atoms with Crippen LogP contribution in [-0.2, 0) is 9.59 Å². The van der Waals surface area contributed by atoms with Gasteiger partial charge in [-0.25, -0.2) is 0 Å². The first-order chi connectivity index (χ1) is 9.13. The van der Waals surface area contributed by atoms with E-state index in [1.807, 2.05) is 0 Å². The highest BCUT2D eigenvalue weighted by atomic mass is 16.1. The van der Waals surface area contributed by atoms with E-state index in [9.17, 15) is 9.59 Å². The molecule has 0 saturated heterocycles. The van der Waals surface area contributed by atoms with Gasteiger partial charge in [0, 0.05) is 24.7 Å². The van der Waals surface area contributed by atoms with Gasteiger partial charge in [0.15, 0.2) is 0 Å². The van der Waals surface area contributed by atoms with Crippen molar-refractivity contribution in [3.8, 4) is 0 Å². The van der Waals surface area contributed by atoms with E-state index in [1.54, 1.807) is 0 Å². The molecule has 0 bridgehead atoms. The number of ketones is 2. The third kappa shape index (κ3) is 3.67. The number of hydrogen-bond acceptors (Lipinski definition) is 2. The zero-order valence-electron chi connectivity index (χ0n) is 12.4. The highest BCUT2D eigenvalue weighted by Gasteiger charge is 2.47. The largest absolute Gasteiger partial charge is 0.300 e. The van der Waals surface area contributed by atoms with Crippen molar-refractivity contribution in [2.75, 3.05) is 0 Å². The molecule has 108 valence electrons. The topological polar surface area (TPSA) is 34.1 Å². The second-order valence-electron chi connectivity index (χ2n) is 6.82. The van der Waals surface area contributed by atoms with Crippen LogP contribution in [0.4, 0.5) is 0 Å². The van der Waals surface area contributed by atoms with Crippen LogP contribution in [0.25, 0.3) is 0 Å². The van der Waals surface area contributed by atoms with E-state index >= 15 is 0 Å². The van der Waals surface area contributed by atoms with Crippen LogP contribution in [0.5, 0.6) is 0 Å². The average molecular weight is 264 g/mol. The van der Waals surface area contributed by atoms with Crippen LogP contribution in [0.2, 0.25) is 0 Å². The highest BCUT2D eigenvalue weighted by molar-refractivity contribution is 5.94. The molecule has 2 fully saturated rings. The van der Waals surface area contributed by atoms with Crippen LogP contribution in [0, 0.1) is 11.3 Å². The molecule has 19 heavy (non-hydrogen) atoms. The predicted octanol–water partition coefficient (Wildman–Crippen LogP) is 4.46. The quantitative estimate of drug-likeness (QED) is 0.647. The van der Waals surface area contributed by atoms with E-state index < -0.39 is 0 Å². The Morgan fingerprint density at radius 2 is 1.47 bits per heavy atom. The molecular weight excluding hydrogens is 236 g/mol. The lowest BCUT2D eigenvalue weighted by molar-refractivity contribution is -0.131. The van der Waals surface area contributed by atoms with Gasteiger partial charge in [-0.1, -0.05) is 51.9 Å². The summed E-state index contributed by atoms with van der Waals surface area (Å²) in [5, 5.41) is 0. The molecule has 2 nitrogen and oxygen atoms in total. The van der Waals surface area contributed by atoms with E-state index in [-0.39, 0.29) is 5.41 Å². The molecule has 2 heteroatoms. The second kappa shape index (κ2) is 6.67. The van der Waals surface area contributed by atoms with Crippen molar-refractivity contribution >= 4 is 11.6 Å². The first-order valence-corrected chi connectivity index (χ1v) is 8.18. The van der Waals surface area contributed by atoms with Gasteiger partial charge in [0.2, 0.25) is 0 Å². The van der Waals surface area contributed by atoms with Gasteiger partial charge in [0.05, 0.1) is 0 Å². The smallest absolute Gasteiger partial charge is 0.139 e. The van der Waals surface area contributed by atoms with E-state index in [0.29, 0.717) is 36.7 Å². The Kier molecular flexibility index (Phi) is 5.18. The van der Waals surface area contributed by atoms with Crippen molar-refractivity contribution in [3.63, 3.8) is 0 Å². The molecule has 2 rings (SSSR count). The summed E-state index contributed by atoms with van der Waals surface area (Å²) in [4.78, 5) is 24.3. The molecule has 0 aliphatic heterocycles. The van der Waals surface area contributed by atoms with Crippen LogP contribution < -0.4 is 0 Å². The van der Waals surface area contributed by atoms with Gasteiger partial charge >= 0.3 is 0 Å². The van der Waals surface area contributed by atoms with E-state index in [4.69, 9.17) is 0 Å². The van der Waals surface area contributed by atoms with Gasteiger partial charge in [0.25, 0.3) is 0 Å². The summed E-state index contributed by atoms with van der Waals surface area (Å²) >= 11 is 0. The third-order valence-corrected chi connectivity index (χ3v) is 5.28. The molecule has 0 radical (unpaired) electrons. The minimum Gasteiger partial charge on any atom is -0.300 e. The molecule has 2 saturated carbocycles. The van der Waals surface area contributed by atoms with Crippen molar-refractivity contribution in [2.45, 2.75) is 84.0 Å².